The smallest absolute Gasteiger partial charge is 0.173 e. The molecule has 16 nitrogen and oxygen atoms in total. The molecule has 0 bridgehead atoms. The molecule has 0 spiro atoms. The summed E-state index contributed by atoms with van der Waals surface area (Å²) >= 11 is 0. The lowest BCUT2D eigenvalue weighted by atomic mass is 9.80. The number of aliphatic hydroxyl groups excluding tert-OH is 7. The van der Waals surface area contributed by atoms with Crippen molar-refractivity contribution in [3.8, 4) is 0 Å². The third-order valence-electron chi connectivity index (χ3n) is 9.51. The lowest BCUT2D eigenvalue weighted by molar-refractivity contribution is -0.319. The summed E-state index contributed by atoms with van der Waals surface area (Å²) in [5.41, 5.74) is 16.2. The Balaban J connectivity index is 1.86. The summed E-state index contributed by atoms with van der Waals surface area (Å²) < 4.78 is 35.6. The number of nitrogens with two attached hydrogens (primary N) is 3. The van der Waals surface area contributed by atoms with Crippen molar-refractivity contribution < 1.29 is 64.2 Å². The van der Waals surface area contributed by atoms with Crippen molar-refractivity contribution in [1.29, 1.82) is 0 Å². The van der Waals surface area contributed by atoms with Gasteiger partial charge in [-0.3, -0.25) is 0 Å². The Morgan fingerprint density at radius 1 is 0.605 bits per heavy atom. The summed E-state index contributed by atoms with van der Waals surface area (Å²) in [6.07, 6.45) is -13.4. The second kappa shape index (κ2) is 14.8. The van der Waals surface area contributed by atoms with E-state index in [0.717, 1.165) is 0 Å². The zero-order valence-corrected chi connectivity index (χ0v) is 25.5. The highest BCUT2D eigenvalue weighted by Gasteiger charge is 2.57. The molecule has 254 valence electrons. The SMILES string of the molecule is CCC(C)(OC1C(CO)OC(O)C(N)C1O)C1OC(CO)C(OC(C)(CC)C2OC(CO)C(OC)C(O)C2N)C(O)C1N. The molecular weight excluding hydrogens is 574 g/mol. The van der Waals surface area contributed by atoms with Crippen molar-refractivity contribution >= 4 is 0 Å². The Kier molecular flexibility index (Phi) is 12.7. The minimum atomic E-state index is -1.52. The molecule has 3 heterocycles. The van der Waals surface area contributed by atoms with Crippen molar-refractivity contribution in [2.45, 2.75) is 143 Å². The zero-order chi connectivity index (χ0) is 32.4. The van der Waals surface area contributed by atoms with Crippen molar-refractivity contribution in [1.82, 2.24) is 0 Å². The first-order valence-electron chi connectivity index (χ1n) is 14.8. The summed E-state index contributed by atoms with van der Waals surface area (Å²) in [6.45, 7) is 5.28. The monoisotopic (exact) mass is 627 g/mol. The Hall–Kier alpha value is -0.640. The zero-order valence-electron chi connectivity index (χ0n) is 25.5. The molecule has 0 saturated carbocycles. The molecule has 3 aliphatic rings. The summed E-state index contributed by atoms with van der Waals surface area (Å²) in [5, 5.41) is 73.2. The number of rotatable bonds is 12. The largest absolute Gasteiger partial charge is 0.394 e. The van der Waals surface area contributed by atoms with Crippen LogP contribution in [0.4, 0.5) is 0 Å². The number of hydrogen-bond donors (Lipinski definition) is 10. The van der Waals surface area contributed by atoms with Crippen LogP contribution in [-0.4, -0.2) is 165 Å². The summed E-state index contributed by atoms with van der Waals surface area (Å²) in [7, 11) is 1.37. The molecule has 0 aliphatic carbocycles. The molecule has 13 N–H and O–H groups in total. The Labute approximate surface area is 251 Å². The second-order valence-electron chi connectivity index (χ2n) is 12.2. The van der Waals surface area contributed by atoms with E-state index in [1.807, 2.05) is 0 Å². The average molecular weight is 628 g/mol. The van der Waals surface area contributed by atoms with E-state index in [1.54, 1.807) is 27.7 Å². The third kappa shape index (κ3) is 7.05. The van der Waals surface area contributed by atoms with Gasteiger partial charge in [0.2, 0.25) is 0 Å². The van der Waals surface area contributed by atoms with E-state index in [1.165, 1.54) is 7.11 Å². The van der Waals surface area contributed by atoms with Crippen LogP contribution < -0.4 is 17.2 Å². The Bertz CT molecular complexity index is 874. The number of ether oxygens (including phenoxy) is 6. The molecule has 3 rings (SSSR count). The van der Waals surface area contributed by atoms with Crippen LogP contribution in [0, 0.1) is 0 Å². The lowest BCUT2D eigenvalue weighted by Gasteiger charge is -2.54. The maximum atomic E-state index is 11.5. The highest BCUT2D eigenvalue weighted by Crippen LogP contribution is 2.40. The van der Waals surface area contributed by atoms with E-state index in [9.17, 15) is 35.7 Å². The van der Waals surface area contributed by atoms with Crippen LogP contribution in [0.2, 0.25) is 0 Å². The van der Waals surface area contributed by atoms with E-state index >= 15 is 0 Å². The standard InChI is InChI=1S/C27H53N3O13/c1-6-26(3,23-14(28)17(34)20(38-5)11(8-31)39-23)42-21-12(9-32)40-24(15(29)18(21)35)27(4,7-2)43-22-13(10-33)41-25(37)16(30)19(22)36/h11-25,31-37H,6-10,28-30H2,1-5H3. The lowest BCUT2D eigenvalue weighted by Crippen LogP contribution is -2.72. The van der Waals surface area contributed by atoms with Crippen LogP contribution in [0.1, 0.15) is 40.5 Å². The fourth-order valence-corrected chi connectivity index (χ4v) is 6.35. The van der Waals surface area contributed by atoms with Gasteiger partial charge in [-0.15, -0.1) is 0 Å². The maximum absolute atomic E-state index is 11.5. The van der Waals surface area contributed by atoms with Gasteiger partial charge in [0, 0.05) is 7.11 Å². The van der Waals surface area contributed by atoms with Crippen molar-refractivity contribution in [2.24, 2.45) is 17.2 Å². The summed E-state index contributed by atoms with van der Waals surface area (Å²) in [6, 6.07) is -3.34. The highest BCUT2D eigenvalue weighted by atomic mass is 16.7. The van der Waals surface area contributed by atoms with Gasteiger partial charge in [-0.25, -0.2) is 0 Å². The quantitative estimate of drug-likeness (QED) is 0.0974. The molecular formula is C27H53N3O13. The fourth-order valence-electron chi connectivity index (χ4n) is 6.35. The van der Waals surface area contributed by atoms with E-state index in [2.05, 4.69) is 0 Å². The van der Waals surface area contributed by atoms with Gasteiger partial charge in [0.15, 0.2) is 6.29 Å². The molecule has 43 heavy (non-hydrogen) atoms. The highest BCUT2D eigenvalue weighted by molar-refractivity contribution is 5.07. The first-order chi connectivity index (χ1) is 20.2. The Morgan fingerprint density at radius 3 is 1.33 bits per heavy atom. The van der Waals surface area contributed by atoms with E-state index in [4.69, 9.17) is 45.6 Å². The van der Waals surface area contributed by atoms with Crippen molar-refractivity contribution in [3.05, 3.63) is 0 Å². The van der Waals surface area contributed by atoms with Gasteiger partial charge < -0.3 is 81.4 Å². The fraction of sp³-hybridized carbons (Fsp3) is 1.00. The molecule has 3 fully saturated rings. The Morgan fingerprint density at radius 2 is 0.953 bits per heavy atom. The van der Waals surface area contributed by atoms with E-state index in [0.29, 0.717) is 0 Å². The van der Waals surface area contributed by atoms with Gasteiger partial charge in [0.1, 0.15) is 67.1 Å². The summed E-state index contributed by atoms with van der Waals surface area (Å²) in [5.74, 6) is 0. The van der Waals surface area contributed by atoms with Crippen LogP contribution in [0.25, 0.3) is 0 Å². The van der Waals surface area contributed by atoms with Crippen LogP contribution in [0.15, 0.2) is 0 Å². The minimum Gasteiger partial charge on any atom is -0.394 e. The van der Waals surface area contributed by atoms with Crippen LogP contribution in [0.3, 0.4) is 0 Å². The average Bonchev–Trinajstić information content (AvgIpc) is 3.00. The van der Waals surface area contributed by atoms with Gasteiger partial charge >= 0.3 is 0 Å². The number of methoxy groups -OCH3 is 1. The molecule has 3 aliphatic heterocycles. The van der Waals surface area contributed by atoms with Gasteiger partial charge in [0.25, 0.3) is 0 Å². The topological polar surface area (TPSA) is 275 Å². The molecule has 0 aromatic carbocycles. The molecule has 3 saturated heterocycles. The normalized spacial score (nSPS) is 47.1. The first kappa shape index (κ1) is 36.8. The molecule has 0 amide bonds. The summed E-state index contributed by atoms with van der Waals surface area (Å²) in [4.78, 5) is 0. The van der Waals surface area contributed by atoms with Crippen molar-refractivity contribution in [3.63, 3.8) is 0 Å². The molecule has 0 aromatic heterocycles. The molecule has 0 aromatic rings. The van der Waals surface area contributed by atoms with Crippen molar-refractivity contribution in [2.75, 3.05) is 26.9 Å². The number of aliphatic hydroxyl groups is 7. The molecule has 16 heteroatoms. The molecule has 0 radical (unpaired) electrons. The number of hydrogen-bond acceptors (Lipinski definition) is 16. The van der Waals surface area contributed by atoms with E-state index < -0.39 is 123 Å². The van der Waals surface area contributed by atoms with Gasteiger partial charge in [-0.05, 0) is 26.7 Å². The predicted molar refractivity (Wildman–Crippen MR) is 149 cm³/mol. The second-order valence-corrected chi connectivity index (χ2v) is 12.2. The van der Waals surface area contributed by atoms with Gasteiger partial charge in [-0.1, -0.05) is 13.8 Å². The molecule has 17 atom stereocenters. The van der Waals surface area contributed by atoms with Crippen LogP contribution >= 0.6 is 0 Å². The van der Waals surface area contributed by atoms with Gasteiger partial charge in [0.05, 0.1) is 49.1 Å². The molecule has 17 unspecified atom stereocenters. The predicted octanol–water partition coefficient (Wildman–Crippen LogP) is -4.60. The maximum Gasteiger partial charge on any atom is 0.173 e. The van der Waals surface area contributed by atoms with Gasteiger partial charge in [-0.2, -0.15) is 0 Å². The van der Waals surface area contributed by atoms with Crippen LogP contribution in [0.5, 0.6) is 0 Å². The minimum absolute atomic E-state index is 0.249. The first-order valence-corrected chi connectivity index (χ1v) is 14.8. The van der Waals surface area contributed by atoms with E-state index in [-0.39, 0.29) is 12.8 Å². The third-order valence-corrected chi connectivity index (χ3v) is 9.51. The van der Waals surface area contributed by atoms with Crippen LogP contribution in [-0.2, 0) is 28.4 Å².